The topological polar surface area (TPSA) is 82.0 Å². The Labute approximate surface area is 234 Å². The number of aromatic nitrogens is 2. The molecule has 8 nitrogen and oxygen atoms in total. The fourth-order valence-electron chi connectivity index (χ4n) is 5.20. The number of phenolic OH excluding ortho intramolecular Hbond substituents is 1. The van der Waals surface area contributed by atoms with Gasteiger partial charge in [-0.3, -0.25) is 9.69 Å². The second kappa shape index (κ2) is 11.9. The zero-order valence-electron chi connectivity index (χ0n) is 21.8. The molecule has 2 fully saturated rings. The molecule has 2 aliphatic rings. The highest BCUT2D eigenvalue weighted by molar-refractivity contribution is 6.34. The van der Waals surface area contributed by atoms with Crippen LogP contribution in [0.15, 0.2) is 36.7 Å². The van der Waals surface area contributed by atoms with Gasteiger partial charge in [0.05, 0.1) is 10.6 Å². The van der Waals surface area contributed by atoms with E-state index in [9.17, 15) is 18.7 Å². The smallest absolute Gasteiger partial charge is 0.319 e. The molecule has 2 aliphatic heterocycles. The minimum atomic E-state index is -1.04. The second-order valence-corrected chi connectivity index (χ2v) is 10.2. The van der Waals surface area contributed by atoms with Crippen LogP contribution in [0.5, 0.6) is 11.8 Å². The van der Waals surface area contributed by atoms with Gasteiger partial charge in [-0.05, 0) is 44.1 Å². The van der Waals surface area contributed by atoms with Crippen molar-refractivity contribution in [2.45, 2.75) is 19.3 Å². The molecule has 0 bridgehead atoms. The molecule has 12 heteroatoms. The fourth-order valence-corrected chi connectivity index (χ4v) is 5.48. The maximum Gasteiger partial charge on any atom is 0.319 e. The van der Waals surface area contributed by atoms with Gasteiger partial charge in [0.25, 0.3) is 5.91 Å². The number of ether oxygens (including phenoxy) is 1. The average molecular weight is 576 g/mol. The van der Waals surface area contributed by atoms with Gasteiger partial charge in [0.15, 0.2) is 11.6 Å². The van der Waals surface area contributed by atoms with Gasteiger partial charge in [-0.15, -0.1) is 0 Å². The van der Waals surface area contributed by atoms with Crippen molar-refractivity contribution in [3.8, 4) is 22.9 Å². The summed E-state index contributed by atoms with van der Waals surface area (Å²) in [6.45, 7) is 6.88. The SMILES string of the molecule is C=C(F)C(=O)N1CCN(c2nc(OCCN3CCCCC3)nc3c(F)c(-c4c(O)cccc4F)c(Cl)cc23)CC1. The number of piperidine rings is 1. The maximum absolute atomic E-state index is 16.1. The van der Waals surface area contributed by atoms with E-state index >= 15 is 4.39 Å². The van der Waals surface area contributed by atoms with Crippen molar-refractivity contribution in [3.63, 3.8) is 0 Å². The Kier molecular flexibility index (Phi) is 8.32. The van der Waals surface area contributed by atoms with Gasteiger partial charge in [-0.2, -0.15) is 9.97 Å². The van der Waals surface area contributed by atoms with Gasteiger partial charge in [0.1, 0.15) is 29.5 Å². The van der Waals surface area contributed by atoms with E-state index in [1.807, 2.05) is 4.90 Å². The number of benzene rings is 2. The average Bonchev–Trinajstić information content (AvgIpc) is 2.95. The predicted molar refractivity (Wildman–Crippen MR) is 146 cm³/mol. The maximum atomic E-state index is 16.1. The van der Waals surface area contributed by atoms with Gasteiger partial charge in [-0.25, -0.2) is 13.2 Å². The summed E-state index contributed by atoms with van der Waals surface area (Å²) < 4.78 is 50.1. The third-order valence-electron chi connectivity index (χ3n) is 7.27. The molecule has 0 unspecified atom stereocenters. The Morgan fingerprint density at radius 2 is 1.77 bits per heavy atom. The van der Waals surface area contributed by atoms with Crippen LogP contribution in [0.4, 0.5) is 19.0 Å². The quantitative estimate of drug-likeness (QED) is 0.400. The first-order valence-corrected chi connectivity index (χ1v) is 13.5. The zero-order chi connectivity index (χ0) is 28.4. The minimum Gasteiger partial charge on any atom is -0.507 e. The van der Waals surface area contributed by atoms with Crippen molar-refractivity contribution >= 4 is 34.2 Å². The summed E-state index contributed by atoms with van der Waals surface area (Å²) in [6, 6.07) is 5.00. The van der Waals surface area contributed by atoms with Crippen molar-refractivity contribution in [3.05, 3.63) is 53.3 Å². The summed E-state index contributed by atoms with van der Waals surface area (Å²) in [7, 11) is 0. The molecule has 1 aromatic heterocycles. The number of rotatable bonds is 7. The highest BCUT2D eigenvalue weighted by Gasteiger charge is 2.28. The number of carbonyl (C=O) groups excluding carboxylic acids is 1. The number of amides is 1. The minimum absolute atomic E-state index is 0.0694. The number of likely N-dealkylation sites (tertiary alicyclic amines) is 1. The first-order chi connectivity index (χ1) is 19.2. The van der Waals surface area contributed by atoms with Crippen LogP contribution >= 0.6 is 11.6 Å². The van der Waals surface area contributed by atoms with E-state index in [2.05, 4.69) is 21.4 Å². The van der Waals surface area contributed by atoms with E-state index in [1.54, 1.807) is 0 Å². The number of hydrogen-bond acceptors (Lipinski definition) is 7. The van der Waals surface area contributed by atoms with Crippen LogP contribution < -0.4 is 9.64 Å². The standard InChI is InChI=1S/C28H29ClF3N5O3/c1-17(30)27(39)37-12-10-36(11-13-37)26-18-16-19(29)22(23-20(31)6-5-7-21(23)38)24(32)25(18)33-28(34-26)40-15-14-35-8-3-2-4-9-35/h5-7,16,38H,1-4,8-15H2. The monoisotopic (exact) mass is 575 g/mol. The van der Waals surface area contributed by atoms with E-state index in [0.717, 1.165) is 32.0 Å². The number of carbonyl (C=O) groups is 1. The summed E-state index contributed by atoms with van der Waals surface area (Å²) in [5.74, 6) is -3.75. The molecule has 2 saturated heterocycles. The normalized spacial score (nSPS) is 16.4. The summed E-state index contributed by atoms with van der Waals surface area (Å²) in [5, 5.41) is 10.4. The number of fused-ring (bicyclic) bond motifs is 1. The first-order valence-electron chi connectivity index (χ1n) is 13.2. The van der Waals surface area contributed by atoms with Crippen molar-refractivity contribution in [2.75, 3.05) is 57.3 Å². The molecular formula is C28H29ClF3N5O3. The second-order valence-electron chi connectivity index (χ2n) is 9.84. The van der Waals surface area contributed by atoms with Crippen molar-refractivity contribution < 1.29 is 27.8 Å². The van der Waals surface area contributed by atoms with Crippen molar-refractivity contribution in [2.24, 2.45) is 0 Å². The predicted octanol–water partition coefficient (Wildman–Crippen LogP) is 4.93. The van der Waals surface area contributed by atoms with Crippen molar-refractivity contribution in [1.82, 2.24) is 19.8 Å². The Balaban J connectivity index is 1.53. The van der Waals surface area contributed by atoms with Crippen LogP contribution in [-0.4, -0.2) is 83.2 Å². The number of hydrogen-bond donors (Lipinski definition) is 1. The van der Waals surface area contributed by atoms with Crippen LogP contribution in [0.25, 0.3) is 22.0 Å². The lowest BCUT2D eigenvalue weighted by Gasteiger charge is -2.35. The van der Waals surface area contributed by atoms with E-state index in [1.165, 1.54) is 29.5 Å². The Morgan fingerprint density at radius 1 is 1.05 bits per heavy atom. The van der Waals surface area contributed by atoms with E-state index < -0.39 is 29.1 Å². The molecule has 2 aromatic carbocycles. The molecule has 1 N–H and O–H groups in total. The van der Waals surface area contributed by atoms with Crippen LogP contribution in [0.3, 0.4) is 0 Å². The van der Waals surface area contributed by atoms with E-state index in [0.29, 0.717) is 12.4 Å². The van der Waals surface area contributed by atoms with Crippen molar-refractivity contribution in [1.29, 1.82) is 0 Å². The van der Waals surface area contributed by atoms with Crippen LogP contribution in [0, 0.1) is 11.6 Å². The van der Waals surface area contributed by atoms with Gasteiger partial charge in [0.2, 0.25) is 0 Å². The highest BCUT2D eigenvalue weighted by atomic mass is 35.5. The summed E-state index contributed by atoms with van der Waals surface area (Å²) in [4.78, 5) is 26.3. The molecule has 3 heterocycles. The third-order valence-corrected chi connectivity index (χ3v) is 7.57. The molecular weight excluding hydrogens is 547 g/mol. The molecule has 212 valence electrons. The number of nitrogens with zero attached hydrogens (tertiary/aromatic N) is 5. The molecule has 0 spiro atoms. The molecule has 0 aliphatic carbocycles. The molecule has 5 rings (SSSR count). The summed E-state index contributed by atoms with van der Waals surface area (Å²) in [6.07, 6.45) is 3.45. The fraction of sp³-hybridized carbons (Fsp3) is 0.393. The molecule has 0 atom stereocenters. The number of piperazine rings is 1. The number of phenols is 1. The van der Waals surface area contributed by atoms with Crippen LogP contribution in [0.1, 0.15) is 19.3 Å². The lowest BCUT2D eigenvalue weighted by molar-refractivity contribution is -0.128. The molecule has 0 saturated carbocycles. The van der Waals surface area contributed by atoms with Gasteiger partial charge in [-0.1, -0.05) is 30.7 Å². The van der Waals surface area contributed by atoms with Crippen LogP contribution in [-0.2, 0) is 4.79 Å². The third kappa shape index (κ3) is 5.66. The lowest BCUT2D eigenvalue weighted by Crippen LogP contribution is -2.49. The highest BCUT2D eigenvalue weighted by Crippen LogP contribution is 2.42. The Hall–Kier alpha value is -3.57. The summed E-state index contributed by atoms with van der Waals surface area (Å²) in [5.41, 5.74) is -0.862. The number of anilines is 1. The zero-order valence-corrected chi connectivity index (χ0v) is 22.6. The number of aromatic hydroxyl groups is 1. The first kappa shape index (κ1) is 28.0. The summed E-state index contributed by atoms with van der Waals surface area (Å²) >= 11 is 6.47. The molecule has 40 heavy (non-hydrogen) atoms. The molecule has 3 aromatic rings. The number of halogens is 4. The lowest BCUT2D eigenvalue weighted by atomic mass is 10.0. The Morgan fingerprint density at radius 3 is 2.45 bits per heavy atom. The van der Waals surface area contributed by atoms with Gasteiger partial charge < -0.3 is 19.6 Å². The Bertz CT molecular complexity index is 1420. The van der Waals surface area contributed by atoms with Gasteiger partial charge >= 0.3 is 6.01 Å². The van der Waals surface area contributed by atoms with E-state index in [-0.39, 0.29) is 65.8 Å². The van der Waals surface area contributed by atoms with E-state index in [4.69, 9.17) is 16.3 Å². The largest absolute Gasteiger partial charge is 0.507 e. The molecule has 1 amide bonds. The molecule has 0 radical (unpaired) electrons. The van der Waals surface area contributed by atoms with Gasteiger partial charge in [0, 0.05) is 43.7 Å². The van der Waals surface area contributed by atoms with Crippen LogP contribution in [0.2, 0.25) is 5.02 Å².